The second kappa shape index (κ2) is 6.50. The highest BCUT2D eigenvalue weighted by molar-refractivity contribution is 5.79. The van der Waals surface area contributed by atoms with Crippen molar-refractivity contribution in [1.82, 2.24) is 25.1 Å². The third kappa shape index (κ3) is 2.82. The van der Waals surface area contributed by atoms with Crippen LogP contribution in [0.1, 0.15) is 37.4 Å². The van der Waals surface area contributed by atoms with Gasteiger partial charge in [0, 0.05) is 38.1 Å². The molecular formula is C18H24N6O2. The maximum atomic E-state index is 12.1. The first-order valence-electron chi connectivity index (χ1n) is 9.60. The lowest BCUT2D eigenvalue weighted by molar-refractivity contribution is -0.125. The first-order valence-corrected chi connectivity index (χ1v) is 9.60. The van der Waals surface area contributed by atoms with Gasteiger partial charge in [-0.15, -0.1) is 15.3 Å². The summed E-state index contributed by atoms with van der Waals surface area (Å²) in [6, 6.07) is 4.01. The van der Waals surface area contributed by atoms with Gasteiger partial charge in [-0.05, 0) is 31.4 Å². The quantitative estimate of drug-likeness (QED) is 0.860. The van der Waals surface area contributed by atoms with E-state index in [1.807, 2.05) is 16.6 Å². The van der Waals surface area contributed by atoms with Crippen LogP contribution in [0.15, 0.2) is 12.1 Å². The van der Waals surface area contributed by atoms with Crippen LogP contribution in [0.4, 0.5) is 5.82 Å². The Hall–Kier alpha value is -2.22. The van der Waals surface area contributed by atoms with Gasteiger partial charge in [-0.3, -0.25) is 4.79 Å². The second-order valence-corrected chi connectivity index (χ2v) is 7.72. The molecule has 1 aliphatic carbocycles. The van der Waals surface area contributed by atoms with E-state index in [1.54, 1.807) is 0 Å². The maximum absolute atomic E-state index is 12.1. The Kier molecular flexibility index (Phi) is 4.00. The Morgan fingerprint density at radius 2 is 2.12 bits per heavy atom. The third-order valence-corrected chi connectivity index (χ3v) is 5.89. The zero-order chi connectivity index (χ0) is 17.5. The summed E-state index contributed by atoms with van der Waals surface area (Å²) in [4.78, 5) is 14.3. The van der Waals surface area contributed by atoms with E-state index < -0.39 is 0 Å². The number of anilines is 1. The second-order valence-electron chi connectivity index (χ2n) is 7.72. The summed E-state index contributed by atoms with van der Waals surface area (Å²) in [7, 11) is 0. The Balaban J connectivity index is 1.18. The van der Waals surface area contributed by atoms with E-state index in [0.29, 0.717) is 25.0 Å². The van der Waals surface area contributed by atoms with Crippen molar-refractivity contribution in [2.75, 3.05) is 37.7 Å². The van der Waals surface area contributed by atoms with Gasteiger partial charge in [0.2, 0.25) is 5.91 Å². The molecule has 1 atom stereocenters. The molecule has 2 aromatic heterocycles. The number of hydrogen-bond acceptors (Lipinski definition) is 6. The molecule has 2 saturated heterocycles. The van der Waals surface area contributed by atoms with Crippen LogP contribution in [0.5, 0.6) is 0 Å². The van der Waals surface area contributed by atoms with Crippen LogP contribution in [0.2, 0.25) is 0 Å². The molecule has 0 spiro atoms. The zero-order valence-corrected chi connectivity index (χ0v) is 14.8. The van der Waals surface area contributed by atoms with Crippen LogP contribution in [0, 0.1) is 11.8 Å². The largest absolute Gasteiger partial charge is 0.381 e. The maximum Gasteiger partial charge on any atom is 0.225 e. The van der Waals surface area contributed by atoms with Crippen molar-refractivity contribution < 1.29 is 9.53 Å². The molecule has 8 nitrogen and oxygen atoms in total. The molecule has 8 heteroatoms. The number of amides is 1. The Morgan fingerprint density at radius 3 is 2.85 bits per heavy atom. The lowest BCUT2D eigenvalue weighted by atomic mass is 9.85. The van der Waals surface area contributed by atoms with E-state index in [0.717, 1.165) is 43.3 Å². The molecule has 3 fully saturated rings. The summed E-state index contributed by atoms with van der Waals surface area (Å²) in [5.41, 5.74) is 0.818. The highest BCUT2D eigenvalue weighted by Crippen LogP contribution is 2.35. The molecule has 0 radical (unpaired) electrons. The Bertz CT molecular complexity index is 805. The van der Waals surface area contributed by atoms with Crippen LogP contribution < -0.4 is 10.2 Å². The molecule has 26 heavy (non-hydrogen) atoms. The van der Waals surface area contributed by atoms with E-state index in [1.165, 1.54) is 19.3 Å². The van der Waals surface area contributed by atoms with Gasteiger partial charge in [-0.2, -0.15) is 4.52 Å². The molecule has 5 rings (SSSR count). The van der Waals surface area contributed by atoms with Crippen molar-refractivity contribution >= 4 is 17.4 Å². The molecular weight excluding hydrogens is 332 g/mol. The molecule has 2 aliphatic heterocycles. The lowest BCUT2D eigenvalue weighted by Crippen LogP contribution is -2.52. The Morgan fingerprint density at radius 1 is 1.23 bits per heavy atom. The highest BCUT2D eigenvalue weighted by atomic mass is 16.5. The van der Waals surface area contributed by atoms with Crippen LogP contribution in [-0.2, 0) is 9.53 Å². The summed E-state index contributed by atoms with van der Waals surface area (Å²) >= 11 is 0. The van der Waals surface area contributed by atoms with Crippen molar-refractivity contribution in [3.63, 3.8) is 0 Å². The molecule has 1 saturated carbocycles. The number of carbonyl (C=O) groups excluding carboxylic acids is 1. The summed E-state index contributed by atoms with van der Waals surface area (Å²) in [5, 5.41) is 16.4. The fraction of sp³-hybridized carbons (Fsp3) is 0.667. The van der Waals surface area contributed by atoms with Crippen molar-refractivity contribution in [2.24, 2.45) is 11.8 Å². The molecule has 138 valence electrons. The molecule has 1 unspecified atom stereocenters. The van der Waals surface area contributed by atoms with Crippen molar-refractivity contribution in [1.29, 1.82) is 0 Å². The topological polar surface area (TPSA) is 84.7 Å². The van der Waals surface area contributed by atoms with Crippen LogP contribution in [0.3, 0.4) is 0 Å². The van der Waals surface area contributed by atoms with Gasteiger partial charge >= 0.3 is 0 Å². The van der Waals surface area contributed by atoms with E-state index in [-0.39, 0.29) is 11.8 Å². The van der Waals surface area contributed by atoms with E-state index in [2.05, 4.69) is 20.4 Å². The molecule has 3 aliphatic rings. The van der Waals surface area contributed by atoms with Gasteiger partial charge in [0.05, 0.1) is 12.5 Å². The summed E-state index contributed by atoms with van der Waals surface area (Å²) in [6.07, 6.45) is 4.48. The summed E-state index contributed by atoms with van der Waals surface area (Å²) in [6.45, 7) is 3.83. The lowest BCUT2D eigenvalue weighted by Gasteiger charge is -2.40. The summed E-state index contributed by atoms with van der Waals surface area (Å²) in [5.74, 6) is 3.11. The number of carbonyl (C=O) groups is 1. The fourth-order valence-electron chi connectivity index (χ4n) is 3.90. The fourth-order valence-corrected chi connectivity index (χ4v) is 3.90. The highest BCUT2D eigenvalue weighted by Gasteiger charge is 2.31. The minimum absolute atomic E-state index is 0.0360. The number of fused-ring (bicyclic) bond motifs is 1. The van der Waals surface area contributed by atoms with Crippen LogP contribution in [0.25, 0.3) is 5.65 Å². The first-order chi connectivity index (χ1) is 12.8. The van der Waals surface area contributed by atoms with Crippen molar-refractivity contribution in [3.05, 3.63) is 18.0 Å². The van der Waals surface area contributed by atoms with Gasteiger partial charge in [0.1, 0.15) is 5.82 Å². The van der Waals surface area contributed by atoms with Crippen LogP contribution in [-0.4, -0.2) is 58.6 Å². The minimum atomic E-state index is 0.0360. The molecule has 1 amide bonds. The van der Waals surface area contributed by atoms with E-state index in [4.69, 9.17) is 9.84 Å². The Labute approximate surface area is 151 Å². The van der Waals surface area contributed by atoms with E-state index in [9.17, 15) is 4.79 Å². The van der Waals surface area contributed by atoms with E-state index >= 15 is 0 Å². The van der Waals surface area contributed by atoms with Crippen molar-refractivity contribution in [2.45, 2.75) is 31.6 Å². The third-order valence-electron chi connectivity index (χ3n) is 5.89. The number of ether oxygens (including phenoxy) is 1. The normalized spacial score (nSPS) is 23.8. The van der Waals surface area contributed by atoms with Gasteiger partial charge in [0.15, 0.2) is 11.5 Å². The monoisotopic (exact) mass is 356 g/mol. The standard InChI is InChI=1S/C18H24N6O2/c25-18(14-6-7-26-11-14)19-8-12-9-23(10-12)16-5-4-15-20-21-17(24(15)22-16)13-2-1-3-13/h4-5,12-14H,1-3,6-11H2,(H,19,25). The number of aromatic nitrogens is 4. The average molecular weight is 356 g/mol. The van der Waals surface area contributed by atoms with Gasteiger partial charge in [-0.1, -0.05) is 6.42 Å². The van der Waals surface area contributed by atoms with Crippen LogP contribution >= 0.6 is 0 Å². The van der Waals surface area contributed by atoms with Gasteiger partial charge in [-0.25, -0.2) is 0 Å². The van der Waals surface area contributed by atoms with Crippen molar-refractivity contribution in [3.8, 4) is 0 Å². The molecule has 2 aromatic rings. The molecule has 4 heterocycles. The smallest absolute Gasteiger partial charge is 0.225 e. The number of hydrogen-bond donors (Lipinski definition) is 1. The number of rotatable bonds is 5. The summed E-state index contributed by atoms with van der Waals surface area (Å²) < 4.78 is 7.19. The molecule has 0 aromatic carbocycles. The number of nitrogens with one attached hydrogen (secondary N) is 1. The predicted octanol–water partition coefficient (Wildman–Crippen LogP) is 0.981. The average Bonchev–Trinajstić information content (AvgIpc) is 3.22. The number of nitrogens with zero attached hydrogens (tertiary/aromatic N) is 5. The van der Waals surface area contributed by atoms with Gasteiger partial charge < -0.3 is 15.0 Å². The predicted molar refractivity (Wildman–Crippen MR) is 95.0 cm³/mol. The molecule has 0 bridgehead atoms. The first kappa shape index (κ1) is 16.0. The SMILES string of the molecule is O=C(NCC1CN(c2ccc3nnc(C4CCC4)n3n2)C1)C1CCOC1. The minimum Gasteiger partial charge on any atom is -0.381 e. The zero-order valence-electron chi connectivity index (χ0n) is 14.8. The van der Waals surface area contributed by atoms with Gasteiger partial charge in [0.25, 0.3) is 0 Å². The molecule has 1 N–H and O–H groups in total.